The maximum atomic E-state index is 9.44. The zero-order chi connectivity index (χ0) is 14.9. The van der Waals surface area contributed by atoms with Crippen LogP contribution in [0.25, 0.3) is 0 Å². The summed E-state index contributed by atoms with van der Waals surface area (Å²) in [5, 5.41) is 0. The minimum absolute atomic E-state index is 0.167. The van der Waals surface area contributed by atoms with Gasteiger partial charge in [0, 0.05) is 0 Å². The van der Waals surface area contributed by atoms with Gasteiger partial charge < -0.3 is 23.7 Å². The SMILES string of the molecule is CC(C)=O.CC1(C)OCCCO1.CC1(C)OCCO1. The maximum Gasteiger partial charge on any atom is 0.162 e. The van der Waals surface area contributed by atoms with Gasteiger partial charge in [0.2, 0.25) is 0 Å². The van der Waals surface area contributed by atoms with Crippen LogP contribution in [0.1, 0.15) is 48.0 Å². The van der Waals surface area contributed by atoms with E-state index in [9.17, 15) is 4.79 Å². The van der Waals surface area contributed by atoms with E-state index in [1.807, 2.05) is 27.7 Å². The van der Waals surface area contributed by atoms with Crippen molar-refractivity contribution < 1.29 is 23.7 Å². The van der Waals surface area contributed by atoms with Gasteiger partial charge in [0.1, 0.15) is 5.78 Å². The molecule has 0 saturated carbocycles. The van der Waals surface area contributed by atoms with Gasteiger partial charge in [-0.1, -0.05) is 0 Å². The van der Waals surface area contributed by atoms with Gasteiger partial charge in [-0.05, 0) is 48.0 Å². The van der Waals surface area contributed by atoms with Crippen molar-refractivity contribution in [2.75, 3.05) is 26.4 Å². The third-order valence-corrected chi connectivity index (χ3v) is 2.17. The van der Waals surface area contributed by atoms with E-state index in [0.717, 1.165) is 32.8 Å². The molecule has 0 aromatic carbocycles. The lowest BCUT2D eigenvalue weighted by atomic mass is 10.3. The molecule has 0 radical (unpaired) electrons. The molecule has 19 heavy (non-hydrogen) atoms. The third-order valence-electron chi connectivity index (χ3n) is 2.17. The second-order valence-corrected chi connectivity index (χ2v) is 5.46. The fourth-order valence-electron chi connectivity index (χ4n) is 1.35. The molecule has 0 spiro atoms. The summed E-state index contributed by atoms with van der Waals surface area (Å²) in [4.78, 5) is 9.44. The minimum Gasteiger partial charge on any atom is -0.350 e. The monoisotopic (exact) mass is 276 g/mol. The molecule has 0 unspecified atom stereocenters. The van der Waals surface area contributed by atoms with E-state index in [-0.39, 0.29) is 17.4 Å². The van der Waals surface area contributed by atoms with Crippen molar-refractivity contribution in [3.8, 4) is 0 Å². The molecule has 114 valence electrons. The van der Waals surface area contributed by atoms with Crippen LogP contribution in [0.4, 0.5) is 0 Å². The summed E-state index contributed by atoms with van der Waals surface area (Å²) < 4.78 is 20.7. The van der Waals surface area contributed by atoms with Gasteiger partial charge >= 0.3 is 0 Å². The van der Waals surface area contributed by atoms with Gasteiger partial charge in [-0.25, -0.2) is 0 Å². The Balaban J connectivity index is 0.000000272. The van der Waals surface area contributed by atoms with Gasteiger partial charge in [-0.15, -0.1) is 0 Å². The molecule has 5 nitrogen and oxygen atoms in total. The lowest BCUT2D eigenvalue weighted by Crippen LogP contribution is -2.33. The first-order chi connectivity index (χ1) is 8.65. The summed E-state index contributed by atoms with van der Waals surface area (Å²) in [5.74, 6) is -0.460. The predicted octanol–water partition coefficient (Wildman–Crippen LogP) is 2.52. The summed E-state index contributed by atoms with van der Waals surface area (Å²) in [5.41, 5.74) is 0. The highest BCUT2D eigenvalue weighted by molar-refractivity contribution is 5.72. The lowest BCUT2D eigenvalue weighted by Gasteiger charge is -2.29. The van der Waals surface area contributed by atoms with Crippen LogP contribution in [0.2, 0.25) is 0 Å². The van der Waals surface area contributed by atoms with E-state index in [0.29, 0.717) is 0 Å². The lowest BCUT2D eigenvalue weighted by molar-refractivity contribution is -0.244. The van der Waals surface area contributed by atoms with E-state index >= 15 is 0 Å². The van der Waals surface area contributed by atoms with Gasteiger partial charge in [0.25, 0.3) is 0 Å². The Morgan fingerprint density at radius 1 is 0.737 bits per heavy atom. The quantitative estimate of drug-likeness (QED) is 0.680. The molecular formula is C14H28O5. The summed E-state index contributed by atoms with van der Waals surface area (Å²) in [6, 6.07) is 0. The number of hydrogen-bond donors (Lipinski definition) is 0. The fourth-order valence-corrected chi connectivity index (χ4v) is 1.35. The van der Waals surface area contributed by atoms with Crippen molar-refractivity contribution in [1.29, 1.82) is 0 Å². The fraction of sp³-hybridized carbons (Fsp3) is 0.929. The number of ketones is 1. The van der Waals surface area contributed by atoms with Crippen molar-refractivity contribution >= 4 is 5.78 Å². The van der Waals surface area contributed by atoms with Crippen LogP contribution in [0.5, 0.6) is 0 Å². The molecule has 2 saturated heterocycles. The number of ether oxygens (including phenoxy) is 4. The van der Waals surface area contributed by atoms with E-state index in [1.165, 1.54) is 13.8 Å². The molecular weight excluding hydrogens is 248 g/mol. The normalized spacial score (nSPS) is 23.5. The van der Waals surface area contributed by atoms with Crippen LogP contribution in [-0.4, -0.2) is 43.8 Å². The van der Waals surface area contributed by atoms with Crippen LogP contribution in [0.15, 0.2) is 0 Å². The summed E-state index contributed by atoms with van der Waals surface area (Å²) >= 11 is 0. The van der Waals surface area contributed by atoms with E-state index in [4.69, 9.17) is 18.9 Å². The van der Waals surface area contributed by atoms with Crippen LogP contribution >= 0.6 is 0 Å². The van der Waals surface area contributed by atoms with E-state index < -0.39 is 0 Å². The first-order valence-corrected chi connectivity index (χ1v) is 6.68. The standard InChI is InChI=1S/C6H12O2.C5H10O2.C3H6O/c1-6(2)7-4-3-5-8-6;1-5(2)6-3-4-7-5;1-3(2)4/h3-5H2,1-2H3;3-4H2,1-2H3;1-2H3. The van der Waals surface area contributed by atoms with Gasteiger partial charge in [-0.3, -0.25) is 0 Å². The van der Waals surface area contributed by atoms with Gasteiger partial charge in [0.15, 0.2) is 11.6 Å². The summed E-state index contributed by atoms with van der Waals surface area (Å²) in [6.07, 6.45) is 1.03. The molecule has 2 aliphatic heterocycles. The largest absolute Gasteiger partial charge is 0.350 e. The molecule has 0 aromatic rings. The summed E-state index contributed by atoms with van der Waals surface area (Å²) in [7, 11) is 0. The topological polar surface area (TPSA) is 54.0 Å². The minimum atomic E-state index is -0.321. The number of rotatable bonds is 0. The Morgan fingerprint density at radius 2 is 1.00 bits per heavy atom. The summed E-state index contributed by atoms with van der Waals surface area (Å²) in [6.45, 7) is 13.9. The van der Waals surface area contributed by atoms with Crippen molar-refractivity contribution in [3.05, 3.63) is 0 Å². The van der Waals surface area contributed by atoms with Crippen molar-refractivity contribution in [3.63, 3.8) is 0 Å². The molecule has 0 atom stereocenters. The Kier molecular flexibility index (Phi) is 8.41. The Bertz CT molecular complexity index is 241. The second kappa shape index (κ2) is 8.64. The highest BCUT2D eigenvalue weighted by atomic mass is 16.7. The predicted molar refractivity (Wildman–Crippen MR) is 72.9 cm³/mol. The van der Waals surface area contributed by atoms with Crippen molar-refractivity contribution in [2.45, 2.75) is 59.5 Å². The molecule has 0 bridgehead atoms. The maximum absolute atomic E-state index is 9.44. The van der Waals surface area contributed by atoms with E-state index in [2.05, 4.69) is 0 Å². The van der Waals surface area contributed by atoms with Crippen LogP contribution < -0.4 is 0 Å². The average Bonchev–Trinajstić information content (AvgIpc) is 2.62. The first-order valence-electron chi connectivity index (χ1n) is 6.68. The zero-order valence-electron chi connectivity index (χ0n) is 13.1. The van der Waals surface area contributed by atoms with Crippen LogP contribution in [0, 0.1) is 0 Å². The molecule has 2 heterocycles. The van der Waals surface area contributed by atoms with Crippen LogP contribution in [0.3, 0.4) is 0 Å². The molecule has 0 N–H and O–H groups in total. The molecule has 0 aromatic heterocycles. The molecule has 2 fully saturated rings. The molecule has 5 heteroatoms. The molecule has 0 aliphatic carbocycles. The number of carbonyl (C=O) groups is 1. The molecule has 0 amide bonds. The van der Waals surface area contributed by atoms with Gasteiger partial charge in [-0.2, -0.15) is 0 Å². The van der Waals surface area contributed by atoms with Gasteiger partial charge in [0.05, 0.1) is 26.4 Å². The van der Waals surface area contributed by atoms with E-state index in [1.54, 1.807) is 0 Å². The Morgan fingerprint density at radius 3 is 1.16 bits per heavy atom. The number of hydrogen-bond acceptors (Lipinski definition) is 5. The number of carbonyl (C=O) groups excluding carboxylic acids is 1. The Labute approximate surface area is 116 Å². The third kappa shape index (κ3) is 12.3. The van der Waals surface area contributed by atoms with Crippen LogP contribution in [-0.2, 0) is 23.7 Å². The second-order valence-electron chi connectivity index (χ2n) is 5.46. The Hall–Kier alpha value is -0.490. The van der Waals surface area contributed by atoms with Crippen molar-refractivity contribution in [1.82, 2.24) is 0 Å². The highest BCUT2D eigenvalue weighted by Gasteiger charge is 2.23. The molecule has 2 rings (SSSR count). The number of Topliss-reactive ketones (excluding diaryl/α,β-unsaturated/α-hetero) is 1. The average molecular weight is 276 g/mol. The zero-order valence-corrected chi connectivity index (χ0v) is 13.1. The highest BCUT2D eigenvalue weighted by Crippen LogP contribution is 2.16. The molecule has 2 aliphatic rings. The smallest absolute Gasteiger partial charge is 0.162 e. The van der Waals surface area contributed by atoms with Crippen molar-refractivity contribution in [2.24, 2.45) is 0 Å². The first kappa shape index (κ1) is 18.5.